The van der Waals surface area contributed by atoms with Crippen LogP contribution in [0.1, 0.15) is 32.1 Å². The molecule has 0 aliphatic carbocycles. The summed E-state index contributed by atoms with van der Waals surface area (Å²) >= 11 is 0. The Bertz CT molecular complexity index is 611. The SMILES string of the molecule is CC1CCCN1C(=O)CCc1nnc(-c2ccncc2)o1. The topological polar surface area (TPSA) is 72.1 Å². The average molecular weight is 286 g/mol. The summed E-state index contributed by atoms with van der Waals surface area (Å²) < 4.78 is 5.59. The second-order valence-electron chi connectivity index (χ2n) is 5.32. The molecule has 1 unspecified atom stereocenters. The summed E-state index contributed by atoms with van der Waals surface area (Å²) in [6.45, 7) is 2.96. The van der Waals surface area contributed by atoms with E-state index >= 15 is 0 Å². The number of hydrogen-bond donors (Lipinski definition) is 0. The number of amides is 1. The van der Waals surface area contributed by atoms with Crippen LogP contribution in [0.4, 0.5) is 0 Å². The van der Waals surface area contributed by atoms with E-state index < -0.39 is 0 Å². The number of hydrogen-bond acceptors (Lipinski definition) is 5. The second-order valence-corrected chi connectivity index (χ2v) is 5.32. The van der Waals surface area contributed by atoms with Crippen LogP contribution in [-0.4, -0.2) is 38.6 Å². The van der Waals surface area contributed by atoms with Crippen molar-refractivity contribution in [2.75, 3.05) is 6.54 Å². The maximum absolute atomic E-state index is 12.1. The van der Waals surface area contributed by atoms with Crippen LogP contribution in [0.3, 0.4) is 0 Å². The molecule has 1 aliphatic heterocycles. The number of likely N-dealkylation sites (tertiary alicyclic amines) is 1. The minimum atomic E-state index is 0.170. The van der Waals surface area contributed by atoms with Crippen molar-refractivity contribution in [1.29, 1.82) is 0 Å². The minimum absolute atomic E-state index is 0.170. The predicted octanol–water partition coefficient (Wildman–Crippen LogP) is 2.08. The Kier molecular flexibility index (Phi) is 3.94. The minimum Gasteiger partial charge on any atom is -0.421 e. The van der Waals surface area contributed by atoms with Crippen molar-refractivity contribution in [1.82, 2.24) is 20.1 Å². The molecule has 3 heterocycles. The van der Waals surface area contributed by atoms with E-state index in [1.807, 2.05) is 17.0 Å². The highest BCUT2D eigenvalue weighted by molar-refractivity contribution is 5.76. The van der Waals surface area contributed by atoms with E-state index in [9.17, 15) is 4.79 Å². The summed E-state index contributed by atoms with van der Waals surface area (Å²) in [5.41, 5.74) is 0.836. The van der Waals surface area contributed by atoms with Crippen LogP contribution in [-0.2, 0) is 11.2 Å². The highest BCUT2D eigenvalue weighted by Crippen LogP contribution is 2.19. The van der Waals surface area contributed by atoms with E-state index in [0.717, 1.165) is 24.9 Å². The first-order valence-electron chi connectivity index (χ1n) is 7.26. The Morgan fingerprint density at radius 3 is 2.90 bits per heavy atom. The van der Waals surface area contributed by atoms with Crippen LogP contribution in [0.5, 0.6) is 0 Å². The van der Waals surface area contributed by atoms with Gasteiger partial charge in [0.25, 0.3) is 0 Å². The standard InChI is InChI=1S/C15H18N4O2/c1-11-3-2-10-19(11)14(20)5-4-13-17-18-15(21-13)12-6-8-16-9-7-12/h6-9,11H,2-5,10H2,1H3. The third kappa shape index (κ3) is 3.09. The molecule has 0 N–H and O–H groups in total. The fraction of sp³-hybridized carbons (Fsp3) is 0.467. The van der Waals surface area contributed by atoms with Gasteiger partial charge in [-0.2, -0.15) is 0 Å². The summed E-state index contributed by atoms with van der Waals surface area (Å²) in [6.07, 6.45) is 6.45. The van der Waals surface area contributed by atoms with Crippen molar-refractivity contribution in [2.45, 2.75) is 38.6 Å². The van der Waals surface area contributed by atoms with Crippen molar-refractivity contribution in [3.63, 3.8) is 0 Å². The van der Waals surface area contributed by atoms with Crippen molar-refractivity contribution >= 4 is 5.91 Å². The molecular weight excluding hydrogens is 268 g/mol. The molecule has 0 radical (unpaired) electrons. The lowest BCUT2D eigenvalue weighted by atomic mass is 10.2. The zero-order valence-electron chi connectivity index (χ0n) is 12.0. The van der Waals surface area contributed by atoms with E-state index in [-0.39, 0.29) is 5.91 Å². The van der Waals surface area contributed by atoms with Gasteiger partial charge in [-0.15, -0.1) is 10.2 Å². The Labute approximate surface area is 123 Å². The smallest absolute Gasteiger partial charge is 0.247 e. The molecule has 6 heteroatoms. The van der Waals surface area contributed by atoms with Crippen LogP contribution >= 0.6 is 0 Å². The highest BCUT2D eigenvalue weighted by atomic mass is 16.4. The van der Waals surface area contributed by atoms with Gasteiger partial charge in [0.2, 0.25) is 17.7 Å². The summed E-state index contributed by atoms with van der Waals surface area (Å²) in [6, 6.07) is 3.98. The monoisotopic (exact) mass is 286 g/mol. The van der Waals surface area contributed by atoms with Gasteiger partial charge in [-0.05, 0) is 31.9 Å². The first kappa shape index (κ1) is 13.7. The second kappa shape index (κ2) is 6.03. The van der Waals surface area contributed by atoms with Gasteiger partial charge in [0.15, 0.2) is 0 Å². The normalized spacial score (nSPS) is 18.1. The fourth-order valence-corrected chi connectivity index (χ4v) is 2.63. The van der Waals surface area contributed by atoms with Crippen molar-refractivity contribution in [2.24, 2.45) is 0 Å². The number of aryl methyl sites for hydroxylation is 1. The van der Waals surface area contributed by atoms with E-state index in [1.54, 1.807) is 12.4 Å². The largest absolute Gasteiger partial charge is 0.421 e. The zero-order chi connectivity index (χ0) is 14.7. The molecule has 0 bridgehead atoms. The Hall–Kier alpha value is -2.24. The number of carbonyl (C=O) groups excluding carboxylic acids is 1. The highest BCUT2D eigenvalue weighted by Gasteiger charge is 2.25. The molecule has 1 atom stereocenters. The molecule has 0 spiro atoms. The Balaban J connectivity index is 1.59. The first-order chi connectivity index (χ1) is 10.2. The van der Waals surface area contributed by atoms with Crippen LogP contribution < -0.4 is 0 Å². The number of carbonyl (C=O) groups is 1. The Morgan fingerprint density at radius 2 is 2.19 bits per heavy atom. The van der Waals surface area contributed by atoms with Gasteiger partial charge in [-0.3, -0.25) is 9.78 Å². The quantitative estimate of drug-likeness (QED) is 0.860. The van der Waals surface area contributed by atoms with Gasteiger partial charge in [0.05, 0.1) is 0 Å². The summed E-state index contributed by atoms with van der Waals surface area (Å²) in [4.78, 5) is 18.0. The maximum atomic E-state index is 12.1. The molecule has 1 fully saturated rings. The molecule has 1 amide bonds. The number of rotatable bonds is 4. The molecule has 1 aliphatic rings. The zero-order valence-corrected chi connectivity index (χ0v) is 12.0. The van der Waals surface area contributed by atoms with Crippen LogP contribution in [0.2, 0.25) is 0 Å². The van der Waals surface area contributed by atoms with Gasteiger partial charge >= 0.3 is 0 Å². The van der Waals surface area contributed by atoms with Gasteiger partial charge in [0.1, 0.15) is 0 Å². The molecule has 3 rings (SSSR count). The molecule has 6 nitrogen and oxygen atoms in total. The summed E-state index contributed by atoms with van der Waals surface area (Å²) in [5, 5.41) is 8.01. The van der Waals surface area contributed by atoms with Crippen molar-refractivity contribution < 1.29 is 9.21 Å². The van der Waals surface area contributed by atoms with E-state index in [2.05, 4.69) is 22.1 Å². The van der Waals surface area contributed by atoms with Gasteiger partial charge in [-0.1, -0.05) is 0 Å². The van der Waals surface area contributed by atoms with Gasteiger partial charge in [-0.25, -0.2) is 0 Å². The molecule has 2 aromatic rings. The lowest BCUT2D eigenvalue weighted by molar-refractivity contribution is -0.131. The van der Waals surface area contributed by atoms with Crippen LogP contribution in [0.15, 0.2) is 28.9 Å². The number of aromatic nitrogens is 3. The average Bonchev–Trinajstić information content (AvgIpc) is 3.15. The van der Waals surface area contributed by atoms with E-state index in [4.69, 9.17) is 4.42 Å². The predicted molar refractivity (Wildman–Crippen MR) is 76.3 cm³/mol. The van der Waals surface area contributed by atoms with Gasteiger partial charge in [0, 0.05) is 43.4 Å². The van der Waals surface area contributed by atoms with Crippen molar-refractivity contribution in [3.8, 4) is 11.5 Å². The summed E-state index contributed by atoms with van der Waals surface area (Å²) in [5.74, 6) is 1.14. The van der Waals surface area contributed by atoms with Gasteiger partial charge < -0.3 is 9.32 Å². The first-order valence-corrected chi connectivity index (χ1v) is 7.26. The fourth-order valence-electron chi connectivity index (χ4n) is 2.63. The molecule has 1 saturated heterocycles. The molecule has 0 aromatic carbocycles. The molecule has 110 valence electrons. The van der Waals surface area contributed by atoms with Crippen LogP contribution in [0, 0.1) is 0 Å². The lowest BCUT2D eigenvalue weighted by Gasteiger charge is -2.20. The van der Waals surface area contributed by atoms with E-state index in [1.165, 1.54) is 0 Å². The molecule has 0 saturated carbocycles. The van der Waals surface area contributed by atoms with Crippen LogP contribution in [0.25, 0.3) is 11.5 Å². The molecule has 2 aromatic heterocycles. The molecular formula is C15H18N4O2. The maximum Gasteiger partial charge on any atom is 0.247 e. The lowest BCUT2D eigenvalue weighted by Crippen LogP contribution is -2.33. The Morgan fingerprint density at radius 1 is 1.38 bits per heavy atom. The number of pyridine rings is 1. The molecule has 21 heavy (non-hydrogen) atoms. The third-order valence-electron chi connectivity index (χ3n) is 3.82. The van der Waals surface area contributed by atoms with Crippen molar-refractivity contribution in [3.05, 3.63) is 30.4 Å². The van der Waals surface area contributed by atoms with E-state index in [0.29, 0.717) is 30.7 Å². The number of nitrogens with zero attached hydrogens (tertiary/aromatic N) is 4. The summed E-state index contributed by atoms with van der Waals surface area (Å²) in [7, 11) is 0. The third-order valence-corrected chi connectivity index (χ3v) is 3.82.